The van der Waals surface area contributed by atoms with Gasteiger partial charge in [0.15, 0.2) is 0 Å². The minimum atomic E-state index is -0.253. The van der Waals surface area contributed by atoms with Crippen molar-refractivity contribution >= 4 is 5.82 Å². The van der Waals surface area contributed by atoms with Crippen molar-refractivity contribution < 1.29 is 4.39 Å². The lowest BCUT2D eigenvalue weighted by Gasteiger charge is -2.15. The number of benzene rings is 1. The molecule has 1 aromatic heterocycles. The van der Waals surface area contributed by atoms with E-state index < -0.39 is 0 Å². The number of hydrogen-bond acceptors (Lipinski definition) is 3. The third-order valence-electron chi connectivity index (χ3n) is 2.82. The van der Waals surface area contributed by atoms with Crippen LogP contribution >= 0.6 is 0 Å². The van der Waals surface area contributed by atoms with Crippen molar-refractivity contribution in [2.45, 2.75) is 19.9 Å². The molecule has 0 spiro atoms. The minimum absolute atomic E-state index is 0.0126. The van der Waals surface area contributed by atoms with Crippen molar-refractivity contribution in [2.75, 3.05) is 5.32 Å². The van der Waals surface area contributed by atoms with E-state index in [4.69, 9.17) is 5.26 Å². The smallest absolute Gasteiger partial charge is 0.127 e. The molecule has 0 aliphatic carbocycles. The number of pyridine rings is 1. The Bertz CT molecular complexity index is 614. The zero-order valence-electron chi connectivity index (χ0n) is 10.8. The quantitative estimate of drug-likeness (QED) is 0.912. The summed E-state index contributed by atoms with van der Waals surface area (Å²) in [7, 11) is 0. The lowest BCUT2D eigenvalue weighted by molar-refractivity contribution is 0.626. The molecular weight excluding hydrogens is 241 g/mol. The minimum Gasteiger partial charge on any atom is -0.364 e. The highest BCUT2D eigenvalue weighted by Crippen LogP contribution is 2.19. The van der Waals surface area contributed by atoms with Crippen LogP contribution in [-0.4, -0.2) is 4.98 Å². The first-order valence-corrected chi connectivity index (χ1v) is 5.99. The Labute approximate surface area is 111 Å². The Morgan fingerprint density at radius 3 is 2.58 bits per heavy atom. The summed E-state index contributed by atoms with van der Waals surface area (Å²) in [4.78, 5) is 4.33. The van der Waals surface area contributed by atoms with Crippen molar-refractivity contribution in [3.63, 3.8) is 0 Å². The molecule has 1 atom stereocenters. The molecule has 0 aliphatic heterocycles. The van der Waals surface area contributed by atoms with Crippen LogP contribution in [0.1, 0.15) is 29.8 Å². The van der Waals surface area contributed by atoms with E-state index >= 15 is 0 Å². The molecule has 0 amide bonds. The molecule has 0 saturated carbocycles. The molecular formula is C15H14FN3. The first kappa shape index (κ1) is 13.0. The number of aryl methyl sites for hydroxylation is 1. The molecule has 4 heteroatoms. The van der Waals surface area contributed by atoms with Crippen LogP contribution in [0.3, 0.4) is 0 Å². The number of aromatic nitrogens is 1. The summed E-state index contributed by atoms with van der Waals surface area (Å²) in [6.45, 7) is 3.80. The van der Waals surface area contributed by atoms with Gasteiger partial charge in [-0.15, -0.1) is 0 Å². The Kier molecular flexibility index (Phi) is 3.76. The van der Waals surface area contributed by atoms with Gasteiger partial charge in [0.25, 0.3) is 0 Å². The number of nitriles is 1. The molecule has 0 aliphatic rings. The average molecular weight is 255 g/mol. The molecule has 0 fully saturated rings. The highest BCUT2D eigenvalue weighted by molar-refractivity contribution is 5.46. The Hall–Kier alpha value is -2.41. The number of nitrogens with zero attached hydrogens (tertiary/aromatic N) is 2. The molecule has 0 bridgehead atoms. The van der Waals surface area contributed by atoms with E-state index in [-0.39, 0.29) is 11.9 Å². The maximum absolute atomic E-state index is 12.9. The fourth-order valence-corrected chi connectivity index (χ4v) is 1.86. The van der Waals surface area contributed by atoms with Crippen LogP contribution in [0, 0.1) is 24.1 Å². The number of anilines is 1. The van der Waals surface area contributed by atoms with Gasteiger partial charge in [-0.05, 0) is 43.7 Å². The monoisotopic (exact) mass is 255 g/mol. The summed E-state index contributed by atoms with van der Waals surface area (Å²) in [5.74, 6) is 0.393. The first-order valence-electron chi connectivity index (χ1n) is 5.99. The van der Waals surface area contributed by atoms with Crippen LogP contribution in [0.4, 0.5) is 10.2 Å². The van der Waals surface area contributed by atoms with Gasteiger partial charge in [-0.25, -0.2) is 9.37 Å². The lowest BCUT2D eigenvalue weighted by atomic mass is 10.1. The summed E-state index contributed by atoms with van der Waals surface area (Å²) >= 11 is 0. The van der Waals surface area contributed by atoms with Crippen molar-refractivity contribution in [3.05, 3.63) is 59.0 Å². The van der Waals surface area contributed by atoms with E-state index in [1.165, 1.54) is 12.1 Å². The molecule has 19 heavy (non-hydrogen) atoms. The second-order valence-corrected chi connectivity index (χ2v) is 4.41. The molecule has 1 N–H and O–H groups in total. The second-order valence-electron chi connectivity index (χ2n) is 4.41. The van der Waals surface area contributed by atoms with E-state index in [0.717, 1.165) is 11.3 Å². The van der Waals surface area contributed by atoms with E-state index in [2.05, 4.69) is 16.4 Å². The number of halogens is 1. The molecule has 1 unspecified atom stereocenters. The summed E-state index contributed by atoms with van der Waals surface area (Å²) in [6.07, 6.45) is 0. The highest BCUT2D eigenvalue weighted by atomic mass is 19.1. The zero-order valence-corrected chi connectivity index (χ0v) is 10.8. The predicted molar refractivity (Wildman–Crippen MR) is 72.1 cm³/mol. The van der Waals surface area contributed by atoms with Crippen molar-refractivity contribution in [1.29, 1.82) is 5.26 Å². The van der Waals surface area contributed by atoms with Gasteiger partial charge in [0.05, 0.1) is 11.6 Å². The number of rotatable bonds is 3. The summed E-state index contributed by atoms with van der Waals surface area (Å²) in [6, 6.07) is 11.8. The number of hydrogen-bond donors (Lipinski definition) is 1. The van der Waals surface area contributed by atoms with E-state index in [1.54, 1.807) is 24.3 Å². The molecule has 2 rings (SSSR count). The van der Waals surface area contributed by atoms with Gasteiger partial charge in [-0.3, -0.25) is 0 Å². The maximum atomic E-state index is 12.9. The molecule has 96 valence electrons. The third-order valence-corrected chi connectivity index (χ3v) is 2.82. The topological polar surface area (TPSA) is 48.7 Å². The standard InChI is InChI=1S/C15H14FN3/c1-10-7-12(9-17)8-15(18-10)19-11(2)13-3-5-14(16)6-4-13/h3-8,11H,1-2H3,(H,18,19). The van der Waals surface area contributed by atoms with Crippen molar-refractivity contribution in [1.82, 2.24) is 4.98 Å². The van der Waals surface area contributed by atoms with Gasteiger partial charge in [-0.2, -0.15) is 5.26 Å². The van der Waals surface area contributed by atoms with Gasteiger partial charge in [-0.1, -0.05) is 12.1 Å². The van der Waals surface area contributed by atoms with E-state index in [9.17, 15) is 4.39 Å². The highest BCUT2D eigenvalue weighted by Gasteiger charge is 2.07. The molecule has 2 aromatic rings. The molecule has 3 nitrogen and oxygen atoms in total. The normalized spacial score (nSPS) is 11.7. The predicted octanol–water partition coefficient (Wildman–Crippen LogP) is 3.57. The Balaban J connectivity index is 2.19. The summed E-state index contributed by atoms with van der Waals surface area (Å²) in [5, 5.41) is 12.1. The average Bonchev–Trinajstić information content (AvgIpc) is 2.38. The van der Waals surface area contributed by atoms with Crippen molar-refractivity contribution in [2.24, 2.45) is 0 Å². The fourth-order valence-electron chi connectivity index (χ4n) is 1.86. The Morgan fingerprint density at radius 2 is 1.95 bits per heavy atom. The van der Waals surface area contributed by atoms with Crippen LogP contribution in [0.15, 0.2) is 36.4 Å². The van der Waals surface area contributed by atoms with Gasteiger partial charge >= 0.3 is 0 Å². The first-order chi connectivity index (χ1) is 9.08. The fraction of sp³-hybridized carbons (Fsp3) is 0.200. The van der Waals surface area contributed by atoms with Crippen LogP contribution in [-0.2, 0) is 0 Å². The van der Waals surface area contributed by atoms with Crippen LogP contribution in [0.5, 0.6) is 0 Å². The third kappa shape index (κ3) is 3.29. The van der Waals surface area contributed by atoms with Gasteiger partial charge in [0, 0.05) is 11.7 Å². The molecule has 1 heterocycles. The van der Waals surface area contributed by atoms with Gasteiger partial charge < -0.3 is 5.32 Å². The van der Waals surface area contributed by atoms with Gasteiger partial charge in [0.2, 0.25) is 0 Å². The van der Waals surface area contributed by atoms with Gasteiger partial charge in [0.1, 0.15) is 11.6 Å². The SMILES string of the molecule is Cc1cc(C#N)cc(NC(C)c2ccc(F)cc2)n1. The Morgan fingerprint density at radius 1 is 1.26 bits per heavy atom. The van der Waals surface area contributed by atoms with Crippen LogP contribution < -0.4 is 5.32 Å². The van der Waals surface area contributed by atoms with Crippen LogP contribution in [0.2, 0.25) is 0 Å². The molecule has 1 aromatic carbocycles. The zero-order chi connectivity index (χ0) is 13.8. The van der Waals surface area contributed by atoms with E-state index in [0.29, 0.717) is 11.4 Å². The maximum Gasteiger partial charge on any atom is 0.127 e. The lowest BCUT2D eigenvalue weighted by Crippen LogP contribution is -2.08. The molecule has 0 saturated heterocycles. The summed E-state index contributed by atoms with van der Waals surface area (Å²) in [5.41, 5.74) is 2.32. The van der Waals surface area contributed by atoms with Crippen LogP contribution in [0.25, 0.3) is 0 Å². The largest absolute Gasteiger partial charge is 0.364 e. The van der Waals surface area contributed by atoms with Crippen molar-refractivity contribution in [3.8, 4) is 6.07 Å². The number of nitrogens with one attached hydrogen (secondary N) is 1. The second kappa shape index (κ2) is 5.49. The summed E-state index contributed by atoms with van der Waals surface area (Å²) < 4.78 is 12.9. The van der Waals surface area contributed by atoms with E-state index in [1.807, 2.05) is 13.8 Å². The molecule has 0 radical (unpaired) electrons.